The van der Waals surface area contributed by atoms with Crippen molar-refractivity contribution in [3.63, 3.8) is 0 Å². The number of fused-ring (bicyclic) bond motifs is 1. The summed E-state index contributed by atoms with van der Waals surface area (Å²) in [6, 6.07) is 4.41. The number of aryl methyl sites for hydroxylation is 1. The molecule has 204 valence electrons. The molecule has 1 amide bonds. The molecule has 1 saturated heterocycles. The van der Waals surface area contributed by atoms with Crippen LogP contribution in [0.3, 0.4) is 0 Å². The molecule has 0 unspecified atom stereocenters. The monoisotopic (exact) mass is 545 g/mol. The number of carbonyl (C=O) groups excluding carboxylic acids is 1. The van der Waals surface area contributed by atoms with Crippen molar-refractivity contribution in [1.29, 1.82) is 0 Å². The number of likely N-dealkylation sites (tertiary alicyclic amines) is 1. The number of halogens is 1. The average Bonchev–Trinajstić information content (AvgIpc) is 3.29. The van der Waals surface area contributed by atoms with E-state index in [1.807, 2.05) is 0 Å². The Labute approximate surface area is 225 Å². The Kier molecular flexibility index (Phi) is 7.70. The van der Waals surface area contributed by atoms with Crippen molar-refractivity contribution < 1.29 is 24.1 Å². The van der Waals surface area contributed by atoms with Crippen LogP contribution in [0.15, 0.2) is 29.2 Å². The molecular formula is C26H32ClN5O6. The van der Waals surface area contributed by atoms with E-state index < -0.39 is 11.7 Å². The molecule has 38 heavy (non-hydrogen) atoms. The van der Waals surface area contributed by atoms with Crippen LogP contribution >= 0.6 is 11.6 Å². The Bertz CT molecular complexity index is 1420. The summed E-state index contributed by atoms with van der Waals surface area (Å²) in [6.45, 7) is 5.51. The molecule has 11 nitrogen and oxygen atoms in total. The Hall–Kier alpha value is -3.57. The SMILES string of the molecule is COc1cc(OC)c(Cl)c(-c2cc3cnc(N[C@H]4C[C@@H](CO)N(C(=O)OC(C)(C)C)C4)nc3n(C)c2=O)c1. The zero-order valence-corrected chi connectivity index (χ0v) is 23.0. The minimum absolute atomic E-state index is 0.190. The maximum absolute atomic E-state index is 13.4. The lowest BCUT2D eigenvalue weighted by atomic mass is 10.0. The number of rotatable bonds is 6. The van der Waals surface area contributed by atoms with E-state index in [1.165, 1.54) is 23.7 Å². The number of hydrogen-bond donors (Lipinski definition) is 2. The Morgan fingerprint density at radius 3 is 2.58 bits per heavy atom. The molecule has 0 aliphatic carbocycles. The van der Waals surface area contributed by atoms with Gasteiger partial charge in [-0.2, -0.15) is 4.98 Å². The number of aliphatic hydroxyl groups excluding tert-OH is 1. The lowest BCUT2D eigenvalue weighted by Gasteiger charge is -2.27. The maximum Gasteiger partial charge on any atom is 0.410 e. The number of nitrogens with one attached hydrogen (secondary N) is 1. The number of ether oxygens (including phenoxy) is 3. The zero-order valence-electron chi connectivity index (χ0n) is 22.2. The minimum atomic E-state index is -0.645. The summed E-state index contributed by atoms with van der Waals surface area (Å²) in [4.78, 5) is 36.5. The third-order valence-electron chi connectivity index (χ3n) is 6.29. The number of carbonyl (C=O) groups is 1. The van der Waals surface area contributed by atoms with Gasteiger partial charge in [-0.25, -0.2) is 9.78 Å². The lowest BCUT2D eigenvalue weighted by molar-refractivity contribution is 0.0175. The Morgan fingerprint density at radius 2 is 1.95 bits per heavy atom. The van der Waals surface area contributed by atoms with Crippen molar-refractivity contribution in [1.82, 2.24) is 19.4 Å². The quantitative estimate of drug-likeness (QED) is 0.478. The molecule has 1 aliphatic heterocycles. The highest BCUT2D eigenvalue weighted by molar-refractivity contribution is 6.35. The van der Waals surface area contributed by atoms with Crippen molar-refractivity contribution in [3.8, 4) is 22.6 Å². The first kappa shape index (κ1) is 27.5. The van der Waals surface area contributed by atoms with Crippen LogP contribution in [0.5, 0.6) is 11.5 Å². The van der Waals surface area contributed by atoms with Crippen LogP contribution in [0.1, 0.15) is 27.2 Å². The van der Waals surface area contributed by atoms with Crippen molar-refractivity contribution in [2.45, 2.75) is 44.9 Å². The van der Waals surface area contributed by atoms with Crippen LogP contribution in [-0.4, -0.2) is 75.7 Å². The summed E-state index contributed by atoms with van der Waals surface area (Å²) >= 11 is 6.54. The number of aliphatic hydroxyl groups is 1. The van der Waals surface area contributed by atoms with Gasteiger partial charge in [0.1, 0.15) is 22.7 Å². The van der Waals surface area contributed by atoms with E-state index in [1.54, 1.807) is 52.2 Å². The van der Waals surface area contributed by atoms with Crippen LogP contribution in [0.25, 0.3) is 22.2 Å². The van der Waals surface area contributed by atoms with E-state index in [4.69, 9.17) is 25.8 Å². The van der Waals surface area contributed by atoms with E-state index in [-0.39, 0.29) is 29.3 Å². The number of anilines is 1. The molecule has 0 spiro atoms. The number of amides is 1. The van der Waals surface area contributed by atoms with Crippen molar-refractivity contribution >= 4 is 34.7 Å². The standard InChI is InChI=1S/C26H32ClN5O6/c1-26(2,3)38-25(35)32-12-15(8-16(32)13-33)29-24-28-11-14-7-19(23(34)31(4)22(14)30-24)18-9-17(36-5)10-20(37-6)21(18)27/h7,9-11,15-16,33H,8,12-13H2,1-6H3,(H,28,29,30)/t15-,16-/m0/s1. The van der Waals surface area contributed by atoms with Gasteiger partial charge in [-0.05, 0) is 39.3 Å². The molecule has 4 rings (SSSR count). The third-order valence-corrected chi connectivity index (χ3v) is 6.68. The van der Waals surface area contributed by atoms with Gasteiger partial charge in [0.15, 0.2) is 0 Å². The fourth-order valence-corrected chi connectivity index (χ4v) is 4.75. The molecule has 2 N–H and O–H groups in total. The molecule has 2 atom stereocenters. The number of nitrogens with zero attached hydrogens (tertiary/aromatic N) is 4. The molecule has 0 saturated carbocycles. The van der Waals surface area contributed by atoms with Gasteiger partial charge in [-0.1, -0.05) is 11.6 Å². The second kappa shape index (κ2) is 10.7. The van der Waals surface area contributed by atoms with Crippen LogP contribution in [0.2, 0.25) is 5.02 Å². The van der Waals surface area contributed by atoms with Crippen LogP contribution in [-0.2, 0) is 11.8 Å². The molecule has 1 aliphatic rings. The Balaban J connectivity index is 1.63. The lowest BCUT2D eigenvalue weighted by Crippen LogP contribution is -2.41. The molecule has 3 heterocycles. The number of benzene rings is 1. The molecule has 3 aromatic rings. The Morgan fingerprint density at radius 1 is 1.21 bits per heavy atom. The van der Waals surface area contributed by atoms with E-state index >= 15 is 0 Å². The van der Waals surface area contributed by atoms with E-state index in [0.717, 1.165) is 0 Å². The summed E-state index contributed by atoms with van der Waals surface area (Å²) in [5.41, 5.74) is 0.282. The van der Waals surface area contributed by atoms with E-state index in [0.29, 0.717) is 52.6 Å². The first-order valence-corrected chi connectivity index (χ1v) is 12.5. The average molecular weight is 546 g/mol. The van der Waals surface area contributed by atoms with Gasteiger partial charge in [0.2, 0.25) is 5.95 Å². The predicted octanol–water partition coefficient (Wildman–Crippen LogP) is 3.45. The van der Waals surface area contributed by atoms with Gasteiger partial charge < -0.3 is 29.5 Å². The smallest absolute Gasteiger partial charge is 0.410 e. The van der Waals surface area contributed by atoms with Gasteiger partial charge in [0, 0.05) is 48.4 Å². The fourth-order valence-electron chi connectivity index (χ4n) is 4.47. The predicted molar refractivity (Wildman–Crippen MR) is 144 cm³/mol. The molecule has 0 bridgehead atoms. The molecule has 0 radical (unpaired) electrons. The van der Waals surface area contributed by atoms with Crippen LogP contribution in [0.4, 0.5) is 10.7 Å². The number of aromatic nitrogens is 3. The van der Waals surface area contributed by atoms with E-state index in [2.05, 4.69) is 15.3 Å². The minimum Gasteiger partial charge on any atom is -0.497 e. The fraction of sp³-hybridized carbons (Fsp3) is 0.462. The van der Waals surface area contributed by atoms with Crippen molar-refractivity contribution in [2.75, 3.05) is 32.7 Å². The van der Waals surface area contributed by atoms with Gasteiger partial charge in [-0.3, -0.25) is 9.36 Å². The highest BCUT2D eigenvalue weighted by Gasteiger charge is 2.37. The summed E-state index contributed by atoms with van der Waals surface area (Å²) in [5, 5.41) is 13.9. The highest BCUT2D eigenvalue weighted by Crippen LogP contribution is 2.38. The second-order valence-electron chi connectivity index (χ2n) is 10.1. The third kappa shape index (κ3) is 5.48. The molecule has 12 heteroatoms. The van der Waals surface area contributed by atoms with Gasteiger partial charge in [-0.15, -0.1) is 0 Å². The van der Waals surface area contributed by atoms with E-state index in [9.17, 15) is 14.7 Å². The first-order chi connectivity index (χ1) is 17.9. The topological polar surface area (TPSA) is 128 Å². The van der Waals surface area contributed by atoms with Gasteiger partial charge in [0.25, 0.3) is 5.56 Å². The first-order valence-electron chi connectivity index (χ1n) is 12.1. The molecular weight excluding hydrogens is 514 g/mol. The van der Waals surface area contributed by atoms with Crippen molar-refractivity contribution in [3.05, 3.63) is 39.8 Å². The number of pyridine rings is 1. The van der Waals surface area contributed by atoms with Gasteiger partial charge in [0.05, 0.1) is 31.9 Å². The zero-order chi connectivity index (χ0) is 27.8. The molecule has 1 fully saturated rings. The highest BCUT2D eigenvalue weighted by atomic mass is 35.5. The normalized spacial score (nSPS) is 17.5. The summed E-state index contributed by atoms with van der Waals surface area (Å²) < 4.78 is 17.6. The van der Waals surface area contributed by atoms with Crippen LogP contribution in [0, 0.1) is 0 Å². The maximum atomic E-state index is 13.4. The molecule has 1 aromatic carbocycles. The second-order valence-corrected chi connectivity index (χ2v) is 10.5. The number of hydrogen-bond acceptors (Lipinski definition) is 9. The summed E-state index contributed by atoms with van der Waals surface area (Å²) in [5.74, 6) is 1.18. The van der Waals surface area contributed by atoms with Gasteiger partial charge >= 0.3 is 6.09 Å². The van der Waals surface area contributed by atoms with Crippen LogP contribution < -0.4 is 20.3 Å². The summed E-state index contributed by atoms with van der Waals surface area (Å²) in [7, 11) is 4.64. The largest absolute Gasteiger partial charge is 0.497 e. The number of methoxy groups -OCH3 is 2. The van der Waals surface area contributed by atoms with Crippen molar-refractivity contribution in [2.24, 2.45) is 7.05 Å². The molecule has 2 aromatic heterocycles. The summed E-state index contributed by atoms with van der Waals surface area (Å²) in [6.07, 6.45) is 1.62.